The van der Waals surface area contributed by atoms with Gasteiger partial charge in [-0.2, -0.15) is 26.3 Å². The van der Waals surface area contributed by atoms with Crippen LogP contribution in [-0.4, -0.2) is 9.13 Å². The molecular weight excluding hydrogens is 646 g/mol. The first-order chi connectivity index (χ1) is 23.7. The fourth-order valence-corrected chi connectivity index (χ4v) is 7.38. The Morgan fingerprint density at radius 3 is 1.16 bits per heavy atom. The van der Waals surface area contributed by atoms with Crippen LogP contribution in [0.25, 0.3) is 66.1 Å². The number of aryl methyl sites for hydroxylation is 4. The maximum Gasteiger partial charge on any atom is 0.418 e. The van der Waals surface area contributed by atoms with Crippen LogP contribution in [-0.2, 0) is 12.4 Å². The summed E-state index contributed by atoms with van der Waals surface area (Å²) in [5.41, 5.74) is 3.63. The monoisotopic (exact) mass is 676 g/mol. The molecule has 6 aromatic carbocycles. The van der Waals surface area contributed by atoms with Crippen molar-refractivity contribution in [1.82, 2.24) is 9.13 Å². The summed E-state index contributed by atoms with van der Waals surface area (Å²) in [5, 5.41) is 3.10. The van der Waals surface area contributed by atoms with Crippen LogP contribution in [0.15, 0.2) is 109 Å². The van der Waals surface area contributed by atoms with E-state index in [1.807, 2.05) is 88.4 Å². The molecule has 8 rings (SSSR count). The fourth-order valence-electron chi connectivity index (χ4n) is 7.38. The van der Waals surface area contributed by atoms with Gasteiger partial charge in [0.05, 0.1) is 44.6 Å². The number of hydrogen-bond acceptors (Lipinski definition) is 0. The molecule has 8 heteroatoms. The zero-order valence-corrected chi connectivity index (χ0v) is 27.6. The molecule has 0 saturated carbocycles. The van der Waals surface area contributed by atoms with E-state index in [1.54, 1.807) is 16.7 Å². The minimum absolute atomic E-state index is 0.00191. The summed E-state index contributed by atoms with van der Waals surface area (Å²) in [4.78, 5) is 0. The number of hydrogen-bond donors (Lipinski definition) is 0. The third kappa shape index (κ3) is 4.96. The highest BCUT2D eigenvalue weighted by Crippen LogP contribution is 2.47. The van der Waals surface area contributed by atoms with Crippen molar-refractivity contribution in [2.24, 2.45) is 0 Å². The Labute approximate surface area is 283 Å². The number of benzene rings is 6. The van der Waals surface area contributed by atoms with Gasteiger partial charge in [-0.1, -0.05) is 64.7 Å². The number of halogens is 6. The molecule has 0 aliphatic heterocycles. The predicted octanol–water partition coefficient (Wildman–Crippen LogP) is 12.8. The third-order valence-corrected chi connectivity index (χ3v) is 9.58. The van der Waals surface area contributed by atoms with Crippen LogP contribution in [0, 0.1) is 27.7 Å². The second-order valence-corrected chi connectivity index (χ2v) is 13.2. The first-order valence-corrected chi connectivity index (χ1v) is 16.2. The molecule has 50 heavy (non-hydrogen) atoms. The van der Waals surface area contributed by atoms with E-state index in [0.717, 1.165) is 55.9 Å². The Hall–Kier alpha value is -5.50. The summed E-state index contributed by atoms with van der Waals surface area (Å²) in [6.07, 6.45) is -9.63. The van der Waals surface area contributed by atoms with Gasteiger partial charge in [0.25, 0.3) is 0 Å². The number of fused-ring (bicyclic) bond motifs is 6. The summed E-state index contributed by atoms with van der Waals surface area (Å²) in [7, 11) is 0. The number of aromatic nitrogens is 2. The molecule has 0 bridgehead atoms. The van der Waals surface area contributed by atoms with Gasteiger partial charge in [0, 0.05) is 27.1 Å². The van der Waals surface area contributed by atoms with Gasteiger partial charge >= 0.3 is 12.4 Å². The smallest absolute Gasteiger partial charge is 0.309 e. The Morgan fingerprint density at radius 1 is 0.380 bits per heavy atom. The SMILES string of the molecule is Cc1ccc2c(c1)c1cc(C)ccc1n2-c1cc(C(F)(F)F)c(-n2c3ccc(C)cc3c3cc(C)ccc32)cc1-c1ccccc1C(F)(F)F. The van der Waals surface area contributed by atoms with E-state index in [0.29, 0.717) is 22.1 Å². The fraction of sp³-hybridized carbons (Fsp3) is 0.143. The van der Waals surface area contributed by atoms with Gasteiger partial charge in [0.15, 0.2) is 0 Å². The lowest BCUT2D eigenvalue weighted by molar-refractivity contribution is -0.138. The number of alkyl halides is 6. The van der Waals surface area contributed by atoms with Gasteiger partial charge in [0.1, 0.15) is 0 Å². The number of rotatable bonds is 3. The van der Waals surface area contributed by atoms with Gasteiger partial charge in [0.2, 0.25) is 0 Å². The first kappa shape index (κ1) is 31.7. The van der Waals surface area contributed by atoms with Crippen LogP contribution >= 0.6 is 0 Å². The lowest BCUT2D eigenvalue weighted by Gasteiger charge is -2.23. The molecule has 0 unspecified atom stereocenters. The van der Waals surface area contributed by atoms with Crippen molar-refractivity contribution >= 4 is 43.6 Å². The summed E-state index contributed by atoms with van der Waals surface area (Å²) < 4.78 is 94.0. The van der Waals surface area contributed by atoms with Crippen molar-refractivity contribution in [2.75, 3.05) is 0 Å². The quantitative estimate of drug-likeness (QED) is 0.165. The molecule has 0 atom stereocenters. The van der Waals surface area contributed by atoms with Crippen LogP contribution < -0.4 is 0 Å². The standard InChI is InChI=1S/C42H30F6N2/c1-23-9-13-35-28(17-23)29-18-24(2)10-14-36(29)49(35)39-22-34(42(46,47)48)40(21-32(39)27-7-5-6-8-33(27)41(43,44)45)50-37-15-11-25(3)19-30(37)31-20-26(4)12-16-38(31)50/h5-22H,1-4H3. The Morgan fingerprint density at radius 2 is 0.760 bits per heavy atom. The molecule has 2 nitrogen and oxygen atoms in total. The van der Waals surface area contributed by atoms with Crippen LogP contribution in [0.1, 0.15) is 33.4 Å². The molecule has 8 aromatic rings. The zero-order chi connectivity index (χ0) is 35.3. The highest BCUT2D eigenvalue weighted by molar-refractivity contribution is 6.11. The highest BCUT2D eigenvalue weighted by Gasteiger charge is 2.39. The van der Waals surface area contributed by atoms with Gasteiger partial charge < -0.3 is 9.13 Å². The van der Waals surface area contributed by atoms with Crippen molar-refractivity contribution in [3.63, 3.8) is 0 Å². The Balaban J connectivity index is 1.59. The molecule has 0 radical (unpaired) electrons. The van der Waals surface area contributed by atoms with Crippen molar-refractivity contribution in [2.45, 2.75) is 40.0 Å². The minimum Gasteiger partial charge on any atom is -0.309 e. The van der Waals surface area contributed by atoms with Crippen LogP contribution in [0.2, 0.25) is 0 Å². The molecule has 0 N–H and O–H groups in total. The second kappa shape index (κ2) is 11.0. The number of nitrogens with zero attached hydrogens (tertiary/aromatic N) is 2. The van der Waals surface area contributed by atoms with Gasteiger partial charge in [-0.3, -0.25) is 0 Å². The molecule has 0 fully saturated rings. The Bertz CT molecular complexity index is 2550. The molecule has 0 aliphatic rings. The van der Waals surface area contributed by atoms with Crippen LogP contribution in [0.3, 0.4) is 0 Å². The van der Waals surface area contributed by atoms with E-state index in [1.165, 1.54) is 28.8 Å². The zero-order valence-electron chi connectivity index (χ0n) is 27.6. The summed E-state index contributed by atoms with van der Waals surface area (Å²) in [5.74, 6) is 0. The van der Waals surface area contributed by atoms with E-state index >= 15 is 13.2 Å². The third-order valence-electron chi connectivity index (χ3n) is 9.58. The predicted molar refractivity (Wildman–Crippen MR) is 190 cm³/mol. The van der Waals surface area contributed by atoms with Crippen molar-refractivity contribution in [1.29, 1.82) is 0 Å². The average Bonchev–Trinajstić information content (AvgIpc) is 3.54. The van der Waals surface area contributed by atoms with Gasteiger partial charge in [-0.05, 0) is 100.0 Å². The lowest BCUT2D eigenvalue weighted by atomic mass is 9.94. The lowest BCUT2D eigenvalue weighted by Crippen LogP contribution is -2.14. The van der Waals surface area contributed by atoms with Gasteiger partial charge in [-0.15, -0.1) is 0 Å². The molecular formula is C42H30F6N2. The normalized spacial score (nSPS) is 12.6. The minimum atomic E-state index is -4.86. The maximum atomic E-state index is 15.5. The summed E-state index contributed by atoms with van der Waals surface area (Å²) >= 11 is 0. The van der Waals surface area contributed by atoms with E-state index in [2.05, 4.69) is 0 Å². The van der Waals surface area contributed by atoms with E-state index in [9.17, 15) is 13.2 Å². The van der Waals surface area contributed by atoms with Crippen molar-refractivity contribution < 1.29 is 26.3 Å². The first-order valence-electron chi connectivity index (χ1n) is 16.2. The summed E-state index contributed by atoms with van der Waals surface area (Å²) in [6, 6.07) is 29.7. The molecule has 0 amide bonds. The molecule has 0 spiro atoms. The average molecular weight is 677 g/mol. The molecule has 0 aliphatic carbocycles. The molecule has 2 aromatic heterocycles. The van der Waals surface area contributed by atoms with E-state index in [-0.39, 0.29) is 22.5 Å². The second-order valence-electron chi connectivity index (χ2n) is 13.2. The van der Waals surface area contributed by atoms with E-state index in [4.69, 9.17) is 0 Å². The maximum absolute atomic E-state index is 15.5. The molecule has 250 valence electrons. The topological polar surface area (TPSA) is 9.86 Å². The molecule has 2 heterocycles. The summed E-state index contributed by atoms with van der Waals surface area (Å²) in [6.45, 7) is 7.67. The van der Waals surface area contributed by atoms with Crippen LogP contribution in [0.5, 0.6) is 0 Å². The highest BCUT2D eigenvalue weighted by atomic mass is 19.4. The van der Waals surface area contributed by atoms with Crippen LogP contribution in [0.4, 0.5) is 26.3 Å². The van der Waals surface area contributed by atoms with Crippen molar-refractivity contribution in [3.05, 3.63) is 143 Å². The van der Waals surface area contributed by atoms with Crippen molar-refractivity contribution in [3.8, 4) is 22.5 Å². The molecule has 0 saturated heterocycles. The Kier molecular flexibility index (Phi) is 6.99. The van der Waals surface area contributed by atoms with E-state index < -0.39 is 23.5 Å². The van der Waals surface area contributed by atoms with Gasteiger partial charge in [-0.25, -0.2) is 0 Å². The largest absolute Gasteiger partial charge is 0.418 e.